The zero-order valence-electron chi connectivity index (χ0n) is 13.3. The number of rotatable bonds is 8. The lowest BCUT2D eigenvalue weighted by molar-refractivity contribution is -0.145. The van der Waals surface area contributed by atoms with Crippen molar-refractivity contribution < 1.29 is 23.9 Å². The molecule has 0 aliphatic rings. The number of alkyl carbamates (subject to hydrolysis) is 1. The van der Waals surface area contributed by atoms with Crippen LogP contribution in [0.15, 0.2) is 30.3 Å². The second-order valence-corrected chi connectivity index (χ2v) is 4.91. The summed E-state index contributed by atoms with van der Waals surface area (Å²) in [6.07, 6.45) is 0.342. The molecule has 0 aromatic heterocycles. The van der Waals surface area contributed by atoms with Crippen LogP contribution in [0.4, 0.5) is 4.79 Å². The lowest BCUT2D eigenvalue weighted by atomic mass is 10.1. The van der Waals surface area contributed by atoms with E-state index in [1.165, 1.54) is 14.0 Å². The summed E-state index contributed by atoms with van der Waals surface area (Å²) >= 11 is 0. The van der Waals surface area contributed by atoms with Crippen molar-refractivity contribution in [3.05, 3.63) is 35.9 Å². The van der Waals surface area contributed by atoms with Crippen molar-refractivity contribution in [3.8, 4) is 0 Å². The average molecular weight is 322 g/mol. The zero-order valence-corrected chi connectivity index (χ0v) is 13.3. The van der Waals surface area contributed by atoms with Gasteiger partial charge in [0.05, 0.1) is 7.11 Å². The first-order valence-electron chi connectivity index (χ1n) is 7.32. The van der Waals surface area contributed by atoms with Gasteiger partial charge in [0.2, 0.25) is 5.91 Å². The van der Waals surface area contributed by atoms with Crippen LogP contribution in [0.1, 0.15) is 25.3 Å². The Morgan fingerprint density at radius 3 is 2.48 bits per heavy atom. The summed E-state index contributed by atoms with van der Waals surface area (Å²) < 4.78 is 9.67. The van der Waals surface area contributed by atoms with Crippen molar-refractivity contribution in [1.82, 2.24) is 10.6 Å². The van der Waals surface area contributed by atoms with Gasteiger partial charge in [-0.3, -0.25) is 4.79 Å². The number of hydrogen-bond donors (Lipinski definition) is 2. The lowest BCUT2D eigenvalue weighted by Gasteiger charge is -2.15. The van der Waals surface area contributed by atoms with Crippen molar-refractivity contribution >= 4 is 18.0 Å². The van der Waals surface area contributed by atoms with E-state index in [9.17, 15) is 14.4 Å². The van der Waals surface area contributed by atoms with Gasteiger partial charge in [0.1, 0.15) is 12.6 Å². The Morgan fingerprint density at radius 1 is 1.17 bits per heavy atom. The van der Waals surface area contributed by atoms with Crippen LogP contribution in [0.3, 0.4) is 0 Å². The molecule has 0 spiro atoms. The molecule has 0 saturated heterocycles. The number of amides is 2. The van der Waals surface area contributed by atoms with Gasteiger partial charge >= 0.3 is 12.1 Å². The fourth-order valence-electron chi connectivity index (χ4n) is 1.91. The number of methoxy groups -OCH3 is 1. The molecule has 7 heteroatoms. The fraction of sp³-hybridized carbons (Fsp3) is 0.438. The molecular weight excluding hydrogens is 300 g/mol. The number of nitrogens with one attached hydrogen (secondary N) is 2. The molecule has 23 heavy (non-hydrogen) atoms. The number of benzene rings is 1. The van der Waals surface area contributed by atoms with Gasteiger partial charge in [0, 0.05) is 13.5 Å². The standard InChI is InChI=1S/C16H22N2O5/c1-12(19)18-14(15(20)22-2)9-6-10-17-16(21)23-11-13-7-4-3-5-8-13/h3-5,7-8,14H,6,9-11H2,1-2H3,(H,17,21)(H,18,19)/t14-/m0/s1. The molecule has 0 radical (unpaired) electrons. The van der Waals surface area contributed by atoms with Gasteiger partial charge in [-0.05, 0) is 18.4 Å². The van der Waals surface area contributed by atoms with E-state index in [2.05, 4.69) is 15.4 Å². The summed E-state index contributed by atoms with van der Waals surface area (Å²) in [5.41, 5.74) is 0.902. The van der Waals surface area contributed by atoms with Gasteiger partial charge in [-0.15, -0.1) is 0 Å². The predicted octanol–water partition coefficient (Wildman–Crippen LogP) is 1.37. The summed E-state index contributed by atoms with van der Waals surface area (Å²) in [6, 6.07) is 8.64. The highest BCUT2D eigenvalue weighted by molar-refractivity contribution is 5.83. The molecule has 0 aliphatic carbocycles. The van der Waals surface area contributed by atoms with Crippen LogP contribution in [0, 0.1) is 0 Å². The van der Waals surface area contributed by atoms with Gasteiger partial charge in [-0.2, -0.15) is 0 Å². The first-order chi connectivity index (χ1) is 11.0. The topological polar surface area (TPSA) is 93.7 Å². The first kappa shape index (κ1) is 18.5. The average Bonchev–Trinajstić information content (AvgIpc) is 2.55. The van der Waals surface area contributed by atoms with Crippen molar-refractivity contribution in [1.29, 1.82) is 0 Å². The van der Waals surface area contributed by atoms with Crippen molar-refractivity contribution in [2.24, 2.45) is 0 Å². The zero-order chi connectivity index (χ0) is 17.1. The minimum absolute atomic E-state index is 0.198. The largest absolute Gasteiger partial charge is 0.467 e. The molecule has 0 bridgehead atoms. The highest BCUT2D eigenvalue weighted by Gasteiger charge is 2.19. The Hall–Kier alpha value is -2.57. The van der Waals surface area contributed by atoms with E-state index in [-0.39, 0.29) is 12.5 Å². The first-order valence-corrected chi connectivity index (χ1v) is 7.32. The smallest absolute Gasteiger partial charge is 0.407 e. The minimum atomic E-state index is -0.709. The highest BCUT2D eigenvalue weighted by Crippen LogP contribution is 2.01. The van der Waals surface area contributed by atoms with Gasteiger partial charge in [0.15, 0.2) is 0 Å². The van der Waals surface area contributed by atoms with Crippen LogP contribution in [-0.4, -0.2) is 37.7 Å². The monoisotopic (exact) mass is 322 g/mol. The molecule has 0 unspecified atom stereocenters. The summed E-state index contributed by atoms with van der Waals surface area (Å²) in [5.74, 6) is -0.817. The van der Waals surface area contributed by atoms with Crippen LogP contribution in [0.25, 0.3) is 0 Å². The van der Waals surface area contributed by atoms with Crippen molar-refractivity contribution in [2.45, 2.75) is 32.4 Å². The Bertz CT molecular complexity index is 518. The third kappa shape index (κ3) is 7.85. The predicted molar refractivity (Wildman–Crippen MR) is 83.5 cm³/mol. The van der Waals surface area contributed by atoms with Gasteiger partial charge in [-0.25, -0.2) is 9.59 Å². The van der Waals surface area contributed by atoms with E-state index in [4.69, 9.17) is 4.74 Å². The molecule has 2 N–H and O–H groups in total. The van der Waals surface area contributed by atoms with Gasteiger partial charge in [0.25, 0.3) is 0 Å². The van der Waals surface area contributed by atoms with E-state index in [0.29, 0.717) is 19.4 Å². The number of carbonyl (C=O) groups excluding carboxylic acids is 3. The molecule has 0 heterocycles. The van der Waals surface area contributed by atoms with Crippen LogP contribution in [0.2, 0.25) is 0 Å². The Kier molecular flexibility index (Phi) is 8.20. The van der Waals surface area contributed by atoms with E-state index >= 15 is 0 Å². The molecular formula is C16H22N2O5. The molecule has 126 valence electrons. The second kappa shape index (κ2) is 10.2. The molecule has 0 saturated carbocycles. The SMILES string of the molecule is COC(=O)[C@H](CCCNC(=O)OCc1ccccc1)NC(C)=O. The van der Waals surface area contributed by atoms with E-state index in [1.54, 1.807) is 0 Å². The quantitative estimate of drug-likeness (QED) is 0.557. The van der Waals surface area contributed by atoms with Crippen LogP contribution in [-0.2, 0) is 25.7 Å². The van der Waals surface area contributed by atoms with Gasteiger partial charge in [-0.1, -0.05) is 30.3 Å². The van der Waals surface area contributed by atoms with Crippen LogP contribution >= 0.6 is 0 Å². The maximum absolute atomic E-state index is 11.5. The van der Waals surface area contributed by atoms with Crippen LogP contribution < -0.4 is 10.6 Å². The number of carbonyl (C=O) groups is 3. The second-order valence-electron chi connectivity index (χ2n) is 4.91. The molecule has 1 aromatic rings. The summed E-state index contributed by atoms with van der Waals surface area (Å²) in [4.78, 5) is 34.0. The molecule has 1 atom stereocenters. The highest BCUT2D eigenvalue weighted by atomic mass is 16.5. The number of hydrogen-bond acceptors (Lipinski definition) is 5. The number of ether oxygens (including phenoxy) is 2. The van der Waals surface area contributed by atoms with Crippen molar-refractivity contribution in [2.75, 3.05) is 13.7 Å². The molecule has 0 aliphatic heterocycles. The maximum Gasteiger partial charge on any atom is 0.407 e. The third-order valence-corrected chi connectivity index (χ3v) is 3.01. The Labute approximate surface area is 135 Å². The molecule has 1 rings (SSSR count). The van der Waals surface area contributed by atoms with E-state index in [0.717, 1.165) is 5.56 Å². The van der Waals surface area contributed by atoms with Gasteiger partial charge < -0.3 is 20.1 Å². The third-order valence-electron chi connectivity index (χ3n) is 3.01. The normalized spacial score (nSPS) is 11.2. The molecule has 2 amide bonds. The molecule has 0 fully saturated rings. The molecule has 1 aromatic carbocycles. The van der Waals surface area contributed by atoms with Crippen LogP contribution in [0.5, 0.6) is 0 Å². The fourth-order valence-corrected chi connectivity index (χ4v) is 1.91. The Morgan fingerprint density at radius 2 is 1.87 bits per heavy atom. The minimum Gasteiger partial charge on any atom is -0.467 e. The number of esters is 1. The summed E-state index contributed by atoms with van der Waals surface area (Å²) in [6.45, 7) is 1.86. The van der Waals surface area contributed by atoms with E-state index < -0.39 is 18.1 Å². The van der Waals surface area contributed by atoms with Crippen molar-refractivity contribution in [3.63, 3.8) is 0 Å². The molecule has 7 nitrogen and oxygen atoms in total. The van der Waals surface area contributed by atoms with E-state index in [1.807, 2.05) is 30.3 Å². The summed E-state index contributed by atoms with van der Waals surface area (Å²) in [7, 11) is 1.26. The summed E-state index contributed by atoms with van der Waals surface area (Å²) in [5, 5.41) is 5.10. The Balaban J connectivity index is 2.22. The maximum atomic E-state index is 11.5. The lowest BCUT2D eigenvalue weighted by Crippen LogP contribution is -2.41.